The van der Waals surface area contributed by atoms with E-state index in [9.17, 15) is 9.59 Å². The first kappa shape index (κ1) is 25.7. The van der Waals surface area contributed by atoms with Crippen LogP contribution in [0.1, 0.15) is 72.4 Å². The van der Waals surface area contributed by atoms with Crippen molar-refractivity contribution >= 4 is 34.8 Å². The number of benzene rings is 2. The van der Waals surface area contributed by atoms with Crippen LogP contribution in [0.15, 0.2) is 36.4 Å². The zero-order chi connectivity index (χ0) is 24.1. The molecule has 2 rings (SSSR count). The van der Waals surface area contributed by atoms with Gasteiger partial charge in [-0.3, -0.25) is 9.59 Å². The van der Waals surface area contributed by atoms with E-state index in [1.807, 2.05) is 19.1 Å². The zero-order valence-corrected chi connectivity index (χ0v) is 20.9. The molecule has 0 aromatic heterocycles. The molecule has 2 aromatic rings. The molecule has 0 aliphatic heterocycles. The Balaban J connectivity index is 2.12. The smallest absolute Gasteiger partial charge is 0.262 e. The number of hydrogen-bond donors (Lipinski definition) is 2. The number of hydrogen-bond acceptors (Lipinski definition) is 3. The van der Waals surface area contributed by atoms with Crippen LogP contribution in [0.25, 0.3) is 0 Å². The second-order valence-electron chi connectivity index (χ2n) is 10.0. The van der Waals surface area contributed by atoms with Gasteiger partial charge in [0, 0.05) is 12.1 Å². The van der Waals surface area contributed by atoms with E-state index in [0.29, 0.717) is 28.6 Å². The Bertz CT molecular complexity index is 972. The molecule has 0 aliphatic rings. The molecule has 2 N–H and O–H groups in total. The number of carbonyl (C=O) groups excluding carboxylic acids is 2. The Morgan fingerprint density at radius 3 is 2.19 bits per heavy atom. The minimum atomic E-state index is -0.330. The molecule has 0 aliphatic carbocycles. The molecule has 0 unspecified atom stereocenters. The largest absolute Gasteiger partial charge is 0.483 e. The van der Waals surface area contributed by atoms with E-state index in [2.05, 4.69) is 58.2 Å². The number of ether oxygens (including phenoxy) is 1. The van der Waals surface area contributed by atoms with Crippen molar-refractivity contribution < 1.29 is 14.3 Å². The van der Waals surface area contributed by atoms with Crippen molar-refractivity contribution in [3.63, 3.8) is 0 Å². The highest BCUT2D eigenvalue weighted by molar-refractivity contribution is 6.33. The van der Waals surface area contributed by atoms with Gasteiger partial charge < -0.3 is 15.4 Å². The Labute approximate surface area is 196 Å². The lowest BCUT2D eigenvalue weighted by atomic mass is 9.80. The van der Waals surface area contributed by atoms with Crippen LogP contribution in [-0.2, 0) is 20.4 Å². The lowest BCUT2D eigenvalue weighted by Gasteiger charge is -2.27. The van der Waals surface area contributed by atoms with Gasteiger partial charge in [0.2, 0.25) is 5.91 Å². The van der Waals surface area contributed by atoms with E-state index < -0.39 is 0 Å². The van der Waals surface area contributed by atoms with E-state index in [4.69, 9.17) is 16.3 Å². The molecule has 0 heterocycles. The van der Waals surface area contributed by atoms with Gasteiger partial charge in [0.1, 0.15) is 5.75 Å². The Hall–Kier alpha value is -2.53. The fourth-order valence-corrected chi connectivity index (χ4v) is 3.35. The molecule has 0 fully saturated rings. The lowest BCUT2D eigenvalue weighted by Crippen LogP contribution is -2.23. The SMILES string of the molecule is CCCC(=O)Nc1ccc(Cl)c(NC(=O)COc2ccc(C(C)(C)C)cc2C(C)(C)C)c1. The van der Waals surface area contributed by atoms with E-state index in [0.717, 1.165) is 12.0 Å². The quantitative estimate of drug-likeness (QED) is 0.485. The van der Waals surface area contributed by atoms with E-state index in [-0.39, 0.29) is 29.3 Å². The standard InChI is InChI=1S/C26H35ClN2O3/c1-8-9-23(30)28-18-11-12-20(27)21(15-18)29-24(31)16-32-22-13-10-17(25(2,3)4)14-19(22)26(5,6)7/h10-15H,8-9,16H2,1-7H3,(H,28,30)(H,29,31). The fraction of sp³-hybridized carbons (Fsp3) is 0.462. The van der Waals surface area contributed by atoms with Crippen LogP contribution in [0, 0.1) is 0 Å². The first-order valence-electron chi connectivity index (χ1n) is 11.0. The van der Waals surface area contributed by atoms with Crippen molar-refractivity contribution in [1.82, 2.24) is 0 Å². The Morgan fingerprint density at radius 1 is 0.906 bits per heavy atom. The summed E-state index contributed by atoms with van der Waals surface area (Å²) in [7, 11) is 0. The molecule has 32 heavy (non-hydrogen) atoms. The molecule has 6 heteroatoms. The lowest BCUT2D eigenvalue weighted by molar-refractivity contribution is -0.118. The van der Waals surface area contributed by atoms with Gasteiger partial charge in [-0.2, -0.15) is 0 Å². The highest BCUT2D eigenvalue weighted by Crippen LogP contribution is 2.35. The van der Waals surface area contributed by atoms with E-state index in [1.165, 1.54) is 5.56 Å². The molecule has 0 spiro atoms. The number of amides is 2. The van der Waals surface area contributed by atoms with Gasteiger partial charge >= 0.3 is 0 Å². The van der Waals surface area contributed by atoms with E-state index >= 15 is 0 Å². The molecular weight excluding hydrogens is 424 g/mol. The van der Waals surface area contributed by atoms with Gasteiger partial charge in [-0.25, -0.2) is 0 Å². The second-order valence-corrected chi connectivity index (χ2v) is 10.4. The van der Waals surface area contributed by atoms with Crippen LogP contribution >= 0.6 is 11.6 Å². The maximum absolute atomic E-state index is 12.6. The highest BCUT2D eigenvalue weighted by Gasteiger charge is 2.23. The minimum absolute atomic E-state index is 0.0181. The van der Waals surface area contributed by atoms with Crippen molar-refractivity contribution in [3.05, 3.63) is 52.5 Å². The van der Waals surface area contributed by atoms with Crippen molar-refractivity contribution in [2.75, 3.05) is 17.2 Å². The maximum Gasteiger partial charge on any atom is 0.262 e. The summed E-state index contributed by atoms with van der Waals surface area (Å²) in [6, 6.07) is 11.1. The molecule has 0 atom stereocenters. The predicted octanol–water partition coefficient (Wildman–Crippen LogP) is 6.69. The molecule has 174 valence electrons. The Kier molecular flexibility index (Phi) is 8.35. The molecule has 2 aromatic carbocycles. The molecular formula is C26H35ClN2O3. The van der Waals surface area contributed by atoms with Gasteiger partial charge in [0.05, 0.1) is 10.7 Å². The van der Waals surface area contributed by atoms with Crippen LogP contribution in [0.2, 0.25) is 5.02 Å². The third-order valence-corrected chi connectivity index (χ3v) is 5.34. The van der Waals surface area contributed by atoms with Gasteiger partial charge in [-0.1, -0.05) is 72.2 Å². The molecule has 0 radical (unpaired) electrons. The molecule has 0 bridgehead atoms. The fourth-order valence-electron chi connectivity index (χ4n) is 3.19. The number of halogens is 1. The predicted molar refractivity (Wildman–Crippen MR) is 133 cm³/mol. The van der Waals surface area contributed by atoms with Gasteiger partial charge in [0.25, 0.3) is 5.91 Å². The summed E-state index contributed by atoms with van der Waals surface area (Å²) in [6.07, 6.45) is 1.19. The summed E-state index contributed by atoms with van der Waals surface area (Å²) in [4.78, 5) is 24.4. The van der Waals surface area contributed by atoms with Gasteiger partial charge in [0.15, 0.2) is 6.61 Å². The molecule has 0 saturated heterocycles. The summed E-state index contributed by atoms with van der Waals surface area (Å²) in [5.74, 6) is 0.278. The summed E-state index contributed by atoms with van der Waals surface area (Å²) < 4.78 is 5.91. The maximum atomic E-state index is 12.6. The number of anilines is 2. The van der Waals surface area contributed by atoms with Crippen LogP contribution < -0.4 is 15.4 Å². The van der Waals surface area contributed by atoms with Gasteiger partial charge in [-0.05, 0) is 52.6 Å². The number of nitrogens with one attached hydrogen (secondary N) is 2. The Morgan fingerprint density at radius 2 is 1.59 bits per heavy atom. The molecule has 2 amide bonds. The average molecular weight is 459 g/mol. The summed E-state index contributed by atoms with van der Waals surface area (Å²) in [5.41, 5.74) is 3.15. The zero-order valence-electron chi connectivity index (χ0n) is 20.2. The number of carbonyl (C=O) groups is 2. The second kappa shape index (κ2) is 10.4. The topological polar surface area (TPSA) is 67.4 Å². The highest BCUT2D eigenvalue weighted by atomic mass is 35.5. The summed E-state index contributed by atoms with van der Waals surface area (Å²) in [5, 5.41) is 5.96. The number of rotatable bonds is 7. The third-order valence-electron chi connectivity index (χ3n) is 5.01. The normalized spacial score (nSPS) is 11.8. The molecule has 5 nitrogen and oxygen atoms in total. The van der Waals surface area contributed by atoms with Crippen LogP contribution in [-0.4, -0.2) is 18.4 Å². The summed E-state index contributed by atoms with van der Waals surface area (Å²) >= 11 is 6.23. The summed E-state index contributed by atoms with van der Waals surface area (Å²) in [6.45, 7) is 14.7. The average Bonchev–Trinajstić information content (AvgIpc) is 2.67. The molecule has 0 saturated carbocycles. The van der Waals surface area contributed by atoms with Crippen LogP contribution in [0.4, 0.5) is 11.4 Å². The van der Waals surface area contributed by atoms with Crippen molar-refractivity contribution in [2.24, 2.45) is 0 Å². The van der Waals surface area contributed by atoms with Crippen molar-refractivity contribution in [1.29, 1.82) is 0 Å². The van der Waals surface area contributed by atoms with Crippen molar-refractivity contribution in [2.45, 2.75) is 72.1 Å². The third kappa shape index (κ3) is 7.27. The van der Waals surface area contributed by atoms with Gasteiger partial charge in [-0.15, -0.1) is 0 Å². The first-order chi connectivity index (χ1) is 14.8. The first-order valence-corrected chi connectivity index (χ1v) is 11.4. The van der Waals surface area contributed by atoms with E-state index in [1.54, 1.807) is 18.2 Å². The van der Waals surface area contributed by atoms with Crippen LogP contribution in [0.5, 0.6) is 5.75 Å². The minimum Gasteiger partial charge on any atom is -0.483 e. The van der Waals surface area contributed by atoms with Crippen LogP contribution in [0.3, 0.4) is 0 Å². The van der Waals surface area contributed by atoms with Crippen molar-refractivity contribution in [3.8, 4) is 5.75 Å². The monoisotopic (exact) mass is 458 g/mol.